The molecule has 102 valence electrons. The zero-order valence-corrected chi connectivity index (χ0v) is 12.9. The lowest BCUT2D eigenvalue weighted by atomic mass is 9.98. The first-order valence-corrected chi connectivity index (χ1v) is 7.63. The highest BCUT2D eigenvalue weighted by atomic mass is 35.5. The van der Waals surface area contributed by atoms with Crippen molar-refractivity contribution in [3.05, 3.63) is 40.0 Å². The van der Waals surface area contributed by atoms with Crippen molar-refractivity contribution in [2.45, 2.75) is 45.4 Å². The Morgan fingerprint density at radius 1 is 1.16 bits per heavy atom. The van der Waals surface area contributed by atoms with Gasteiger partial charge in [0.2, 0.25) is 0 Å². The fourth-order valence-corrected chi connectivity index (χ4v) is 2.72. The molecule has 0 saturated heterocycles. The molecular formula is C16H19Cl2N. The second kappa shape index (κ2) is 6.58. The summed E-state index contributed by atoms with van der Waals surface area (Å²) in [5.74, 6) is 0.437. The fraction of sp³-hybridized carbons (Fsp3) is 0.438. The molecule has 2 aromatic rings. The predicted octanol–water partition coefficient (Wildman–Crippen LogP) is 6.23. The Kier molecular flexibility index (Phi) is 5.06. The quantitative estimate of drug-likeness (QED) is 0.596. The van der Waals surface area contributed by atoms with Gasteiger partial charge in [0.1, 0.15) is 0 Å². The minimum absolute atomic E-state index is 0.437. The lowest BCUT2D eigenvalue weighted by molar-refractivity contribution is 0.589. The Bertz CT molecular complexity index is 566. The van der Waals surface area contributed by atoms with Gasteiger partial charge in [0.15, 0.2) is 0 Å². The van der Waals surface area contributed by atoms with Crippen LogP contribution in [0.15, 0.2) is 24.3 Å². The van der Waals surface area contributed by atoms with Crippen molar-refractivity contribution in [2.75, 3.05) is 0 Å². The molecule has 2 rings (SSSR count). The largest absolute Gasteiger partial charge is 0.252 e. The van der Waals surface area contributed by atoms with E-state index < -0.39 is 0 Å². The highest BCUT2D eigenvalue weighted by Crippen LogP contribution is 2.29. The van der Waals surface area contributed by atoms with Crippen molar-refractivity contribution >= 4 is 34.1 Å². The minimum atomic E-state index is 0.437. The third-order valence-corrected chi connectivity index (χ3v) is 4.03. The van der Waals surface area contributed by atoms with Crippen molar-refractivity contribution in [3.8, 4) is 0 Å². The summed E-state index contributed by atoms with van der Waals surface area (Å²) in [4.78, 5) is 4.71. The van der Waals surface area contributed by atoms with Gasteiger partial charge in [-0.2, -0.15) is 0 Å². The number of aromatic nitrogens is 1. The first-order valence-electron chi connectivity index (χ1n) is 6.87. The maximum Gasteiger partial charge on any atom is 0.0735 e. The van der Waals surface area contributed by atoms with Crippen LogP contribution >= 0.6 is 23.2 Å². The molecule has 1 nitrogen and oxygen atoms in total. The third kappa shape index (κ3) is 3.61. The van der Waals surface area contributed by atoms with Crippen LogP contribution in [0, 0.1) is 0 Å². The van der Waals surface area contributed by atoms with Gasteiger partial charge in [-0.25, -0.2) is 0 Å². The maximum atomic E-state index is 6.34. The Labute approximate surface area is 124 Å². The highest BCUT2D eigenvalue weighted by Gasteiger charge is 2.11. The van der Waals surface area contributed by atoms with Gasteiger partial charge in [0, 0.05) is 16.1 Å². The van der Waals surface area contributed by atoms with Crippen LogP contribution < -0.4 is 0 Å². The lowest BCUT2D eigenvalue weighted by Crippen LogP contribution is -1.98. The van der Waals surface area contributed by atoms with Gasteiger partial charge in [0.25, 0.3) is 0 Å². The second-order valence-corrected chi connectivity index (χ2v) is 5.93. The molecule has 0 N–H and O–H groups in total. The molecule has 1 aromatic carbocycles. The van der Waals surface area contributed by atoms with Crippen molar-refractivity contribution < 1.29 is 0 Å². The molecule has 1 atom stereocenters. The van der Waals surface area contributed by atoms with Crippen molar-refractivity contribution in [3.63, 3.8) is 0 Å². The van der Waals surface area contributed by atoms with Gasteiger partial charge in [-0.15, -0.1) is 0 Å². The average Bonchev–Trinajstić information content (AvgIpc) is 2.38. The van der Waals surface area contributed by atoms with Gasteiger partial charge in [0.05, 0.1) is 10.5 Å². The lowest BCUT2D eigenvalue weighted by Gasteiger charge is -2.12. The van der Waals surface area contributed by atoms with Gasteiger partial charge in [-0.05, 0) is 36.6 Å². The van der Waals surface area contributed by atoms with Gasteiger partial charge in [-0.1, -0.05) is 56.3 Å². The summed E-state index contributed by atoms with van der Waals surface area (Å²) >= 11 is 12.4. The smallest absolute Gasteiger partial charge is 0.0735 e. The van der Waals surface area contributed by atoms with Crippen LogP contribution in [0.3, 0.4) is 0 Å². The van der Waals surface area contributed by atoms with E-state index in [4.69, 9.17) is 28.2 Å². The standard InChI is InChI=1S/C16H19Cl2N/c1-3-4-5-6-11(2)15-10-14(18)13-8-7-12(17)9-16(13)19-15/h7-11H,3-6H2,1-2H3. The van der Waals surface area contributed by atoms with Crippen molar-refractivity contribution in [1.82, 2.24) is 4.98 Å². The molecule has 1 unspecified atom stereocenters. The van der Waals surface area contributed by atoms with E-state index in [0.717, 1.165) is 28.0 Å². The molecule has 0 spiro atoms. The normalized spacial score (nSPS) is 12.8. The summed E-state index contributed by atoms with van der Waals surface area (Å²) in [6.45, 7) is 4.43. The van der Waals surface area contributed by atoms with E-state index in [-0.39, 0.29) is 0 Å². The Morgan fingerprint density at radius 3 is 2.68 bits per heavy atom. The van der Waals surface area contributed by atoms with E-state index in [1.165, 1.54) is 19.3 Å². The first-order chi connectivity index (χ1) is 9.11. The maximum absolute atomic E-state index is 6.34. The average molecular weight is 296 g/mol. The Morgan fingerprint density at radius 2 is 1.95 bits per heavy atom. The van der Waals surface area contributed by atoms with Crippen LogP contribution in [0.25, 0.3) is 10.9 Å². The topological polar surface area (TPSA) is 12.9 Å². The summed E-state index contributed by atoms with van der Waals surface area (Å²) in [7, 11) is 0. The molecule has 0 amide bonds. The van der Waals surface area contributed by atoms with Gasteiger partial charge < -0.3 is 0 Å². The molecule has 0 bridgehead atoms. The third-order valence-electron chi connectivity index (χ3n) is 3.49. The van der Waals surface area contributed by atoms with Crippen LogP contribution in [0.4, 0.5) is 0 Å². The monoisotopic (exact) mass is 295 g/mol. The van der Waals surface area contributed by atoms with E-state index in [2.05, 4.69) is 13.8 Å². The van der Waals surface area contributed by atoms with E-state index in [0.29, 0.717) is 10.9 Å². The number of hydrogen-bond donors (Lipinski definition) is 0. The van der Waals surface area contributed by atoms with E-state index >= 15 is 0 Å². The van der Waals surface area contributed by atoms with E-state index in [1.807, 2.05) is 24.3 Å². The molecule has 3 heteroatoms. The molecule has 0 aliphatic heterocycles. The molecule has 0 radical (unpaired) electrons. The van der Waals surface area contributed by atoms with Crippen molar-refractivity contribution in [2.24, 2.45) is 0 Å². The van der Waals surface area contributed by atoms with E-state index in [1.54, 1.807) is 0 Å². The summed E-state index contributed by atoms with van der Waals surface area (Å²) < 4.78 is 0. The number of hydrogen-bond acceptors (Lipinski definition) is 1. The molecule has 0 aliphatic carbocycles. The van der Waals surface area contributed by atoms with Crippen LogP contribution in [0.1, 0.15) is 51.1 Å². The first kappa shape index (κ1) is 14.6. The molecule has 0 saturated carbocycles. The van der Waals surface area contributed by atoms with Crippen LogP contribution in [-0.2, 0) is 0 Å². The summed E-state index contributed by atoms with van der Waals surface area (Å²) in [5, 5.41) is 2.43. The van der Waals surface area contributed by atoms with Gasteiger partial charge in [-0.3, -0.25) is 4.98 Å². The molecule has 1 heterocycles. The second-order valence-electron chi connectivity index (χ2n) is 5.09. The van der Waals surface area contributed by atoms with Crippen LogP contribution in [0.5, 0.6) is 0 Å². The number of benzene rings is 1. The molecule has 1 aromatic heterocycles. The number of fused-ring (bicyclic) bond motifs is 1. The molecule has 19 heavy (non-hydrogen) atoms. The molecule has 0 aliphatic rings. The van der Waals surface area contributed by atoms with Crippen LogP contribution in [0.2, 0.25) is 10.0 Å². The number of nitrogens with zero attached hydrogens (tertiary/aromatic N) is 1. The molecule has 0 fully saturated rings. The summed E-state index contributed by atoms with van der Waals surface area (Å²) in [6.07, 6.45) is 4.92. The van der Waals surface area contributed by atoms with Gasteiger partial charge >= 0.3 is 0 Å². The highest BCUT2D eigenvalue weighted by molar-refractivity contribution is 6.36. The van der Waals surface area contributed by atoms with Crippen molar-refractivity contribution in [1.29, 1.82) is 0 Å². The van der Waals surface area contributed by atoms with E-state index in [9.17, 15) is 0 Å². The summed E-state index contributed by atoms with van der Waals surface area (Å²) in [5.41, 5.74) is 1.95. The van der Waals surface area contributed by atoms with Crippen LogP contribution in [-0.4, -0.2) is 4.98 Å². The number of pyridine rings is 1. The Hall–Kier alpha value is -0.790. The number of unbranched alkanes of at least 4 members (excludes halogenated alkanes) is 2. The number of rotatable bonds is 5. The zero-order valence-electron chi connectivity index (χ0n) is 11.4. The number of halogens is 2. The fourth-order valence-electron chi connectivity index (χ4n) is 2.28. The Balaban J connectivity index is 2.28. The summed E-state index contributed by atoms with van der Waals surface area (Å²) in [6, 6.07) is 7.65. The predicted molar refractivity (Wildman–Crippen MR) is 84.3 cm³/mol. The SMILES string of the molecule is CCCCCC(C)c1cc(Cl)c2ccc(Cl)cc2n1. The minimum Gasteiger partial charge on any atom is -0.252 e. The molecular weight excluding hydrogens is 277 g/mol. The zero-order chi connectivity index (χ0) is 13.8.